The second-order valence-electron chi connectivity index (χ2n) is 8.03. The molecule has 0 aliphatic carbocycles. The van der Waals surface area contributed by atoms with Crippen LogP contribution in [-0.4, -0.2) is 54.6 Å². The third-order valence-electron chi connectivity index (χ3n) is 6.07. The van der Waals surface area contributed by atoms with Gasteiger partial charge in [0.15, 0.2) is 11.5 Å². The van der Waals surface area contributed by atoms with Crippen LogP contribution in [0, 0.1) is 17.3 Å². The number of amides is 1. The number of ether oxygens (including phenoxy) is 2. The summed E-state index contributed by atoms with van der Waals surface area (Å²) in [6.45, 7) is 5.03. The molecule has 1 amide bonds. The van der Waals surface area contributed by atoms with Crippen LogP contribution in [-0.2, 0) is 4.79 Å². The zero-order chi connectivity index (χ0) is 22.4. The molecule has 6 heteroatoms. The number of benzene rings is 2. The van der Waals surface area contributed by atoms with Gasteiger partial charge in [-0.15, -0.1) is 0 Å². The van der Waals surface area contributed by atoms with Crippen molar-refractivity contribution in [2.75, 3.05) is 32.6 Å². The standard InChI is InChI=1S/C25H29NO4S/c1-18(27)25(2)17-26(24(28)16-31)15-21(25)20-11-12-22(29-3)23(14-20)30-13-7-10-19-8-5-4-6-9-19/h4-6,8-9,11-12,14,18,21,27,31H,13,15-17H2,1-3H3/t18-,21+,25+/m1/s1. The molecule has 2 aromatic carbocycles. The number of aliphatic hydroxyl groups is 1. The lowest BCUT2D eigenvalue weighted by Gasteiger charge is -2.33. The van der Waals surface area contributed by atoms with Gasteiger partial charge in [0, 0.05) is 30.0 Å². The highest BCUT2D eigenvalue weighted by atomic mass is 32.1. The van der Waals surface area contributed by atoms with E-state index in [1.807, 2.05) is 55.5 Å². The van der Waals surface area contributed by atoms with Gasteiger partial charge in [-0.05, 0) is 36.8 Å². The SMILES string of the molecule is COc1ccc([C@@H]2CN(C(=O)CS)C[C@@]2(C)[C@@H](C)O)cc1OCC#Cc1ccccc1. The summed E-state index contributed by atoms with van der Waals surface area (Å²) in [6, 6.07) is 15.5. The van der Waals surface area contributed by atoms with Gasteiger partial charge in [-0.2, -0.15) is 12.6 Å². The minimum atomic E-state index is -0.585. The summed E-state index contributed by atoms with van der Waals surface area (Å²) in [4.78, 5) is 14.0. The normalized spacial score (nSPS) is 21.2. The maximum atomic E-state index is 12.3. The molecule has 2 aromatic rings. The summed E-state index contributed by atoms with van der Waals surface area (Å²) < 4.78 is 11.4. The third kappa shape index (κ3) is 5.17. The molecule has 1 aliphatic rings. The summed E-state index contributed by atoms with van der Waals surface area (Å²) in [7, 11) is 1.60. The maximum Gasteiger partial charge on any atom is 0.232 e. The lowest BCUT2D eigenvalue weighted by atomic mass is 9.72. The van der Waals surface area contributed by atoms with E-state index in [0.717, 1.165) is 11.1 Å². The molecule has 31 heavy (non-hydrogen) atoms. The predicted octanol–water partition coefficient (Wildman–Crippen LogP) is 3.37. The van der Waals surface area contributed by atoms with Crippen LogP contribution in [0.3, 0.4) is 0 Å². The van der Waals surface area contributed by atoms with Gasteiger partial charge in [-0.25, -0.2) is 0 Å². The van der Waals surface area contributed by atoms with E-state index in [9.17, 15) is 9.90 Å². The van der Waals surface area contributed by atoms with Crippen molar-refractivity contribution in [3.8, 4) is 23.3 Å². The van der Waals surface area contributed by atoms with Crippen molar-refractivity contribution in [3.05, 3.63) is 59.7 Å². The highest BCUT2D eigenvalue weighted by molar-refractivity contribution is 7.81. The number of carbonyl (C=O) groups is 1. The fraction of sp³-hybridized carbons (Fsp3) is 0.400. The Kier molecular flexibility index (Phi) is 7.53. The van der Waals surface area contributed by atoms with Crippen molar-refractivity contribution in [2.45, 2.75) is 25.9 Å². The van der Waals surface area contributed by atoms with E-state index < -0.39 is 11.5 Å². The molecule has 1 fully saturated rings. The molecule has 1 saturated heterocycles. The molecular weight excluding hydrogens is 410 g/mol. The van der Waals surface area contributed by atoms with E-state index in [2.05, 4.69) is 24.5 Å². The summed E-state index contributed by atoms with van der Waals surface area (Å²) >= 11 is 4.13. The molecule has 0 radical (unpaired) electrons. The molecule has 3 atom stereocenters. The summed E-state index contributed by atoms with van der Waals surface area (Å²) in [6.07, 6.45) is -0.585. The van der Waals surface area contributed by atoms with E-state index in [1.54, 1.807) is 18.9 Å². The van der Waals surface area contributed by atoms with Crippen LogP contribution in [0.1, 0.15) is 30.9 Å². The van der Waals surface area contributed by atoms with Gasteiger partial charge >= 0.3 is 0 Å². The first-order valence-electron chi connectivity index (χ1n) is 10.3. The maximum absolute atomic E-state index is 12.3. The molecule has 0 spiro atoms. The van der Waals surface area contributed by atoms with Crippen LogP contribution < -0.4 is 9.47 Å². The van der Waals surface area contributed by atoms with E-state index in [1.165, 1.54) is 0 Å². The molecule has 0 aromatic heterocycles. The largest absolute Gasteiger partial charge is 0.493 e. The first-order valence-corrected chi connectivity index (χ1v) is 10.9. The number of hydrogen-bond acceptors (Lipinski definition) is 5. The van der Waals surface area contributed by atoms with Gasteiger partial charge in [0.25, 0.3) is 0 Å². The first-order chi connectivity index (χ1) is 14.9. The van der Waals surface area contributed by atoms with Gasteiger partial charge in [-0.3, -0.25) is 4.79 Å². The molecule has 3 rings (SSSR count). The average molecular weight is 440 g/mol. The number of rotatable bonds is 6. The van der Waals surface area contributed by atoms with Crippen molar-refractivity contribution in [2.24, 2.45) is 5.41 Å². The molecule has 164 valence electrons. The van der Waals surface area contributed by atoms with Crippen molar-refractivity contribution >= 4 is 18.5 Å². The number of likely N-dealkylation sites (tertiary alicyclic amines) is 1. The Balaban J connectivity index is 1.83. The first kappa shape index (κ1) is 23.1. The Morgan fingerprint density at radius 3 is 2.68 bits per heavy atom. The van der Waals surface area contributed by atoms with Crippen LogP contribution in [0.15, 0.2) is 48.5 Å². The number of hydrogen-bond donors (Lipinski definition) is 2. The van der Waals surface area contributed by atoms with Crippen LogP contribution in [0.2, 0.25) is 0 Å². The molecule has 0 bridgehead atoms. The zero-order valence-electron chi connectivity index (χ0n) is 18.2. The Bertz CT molecular complexity index is 966. The topological polar surface area (TPSA) is 59.0 Å². The van der Waals surface area contributed by atoms with Crippen molar-refractivity contribution in [1.82, 2.24) is 4.90 Å². The summed E-state index contributed by atoms with van der Waals surface area (Å²) in [5.41, 5.74) is 1.45. The Morgan fingerprint density at radius 1 is 1.29 bits per heavy atom. The Hall–Kier alpha value is -2.62. The molecule has 5 nitrogen and oxygen atoms in total. The number of thiol groups is 1. The van der Waals surface area contributed by atoms with Crippen LogP contribution >= 0.6 is 12.6 Å². The van der Waals surface area contributed by atoms with E-state index >= 15 is 0 Å². The van der Waals surface area contributed by atoms with Crippen LogP contribution in [0.5, 0.6) is 11.5 Å². The third-order valence-corrected chi connectivity index (χ3v) is 6.34. The van der Waals surface area contributed by atoms with Gasteiger partial charge in [0.05, 0.1) is 19.0 Å². The van der Waals surface area contributed by atoms with Crippen molar-refractivity contribution in [1.29, 1.82) is 0 Å². The monoisotopic (exact) mass is 439 g/mol. The van der Waals surface area contributed by atoms with E-state index in [-0.39, 0.29) is 24.2 Å². The molecule has 0 unspecified atom stereocenters. The zero-order valence-corrected chi connectivity index (χ0v) is 19.1. The van der Waals surface area contributed by atoms with E-state index in [4.69, 9.17) is 9.47 Å². The fourth-order valence-corrected chi connectivity index (χ4v) is 4.21. The lowest BCUT2D eigenvalue weighted by Crippen LogP contribution is -2.38. The fourth-order valence-electron chi connectivity index (χ4n) is 4.01. The van der Waals surface area contributed by atoms with E-state index in [0.29, 0.717) is 24.6 Å². The van der Waals surface area contributed by atoms with Crippen LogP contribution in [0.4, 0.5) is 0 Å². The molecular formula is C25H29NO4S. The number of nitrogens with zero attached hydrogens (tertiary/aromatic N) is 1. The Labute approximate surface area is 189 Å². The number of methoxy groups -OCH3 is 1. The quantitative estimate of drug-likeness (QED) is 0.535. The van der Waals surface area contributed by atoms with Crippen LogP contribution in [0.25, 0.3) is 0 Å². The van der Waals surface area contributed by atoms with Gasteiger partial charge in [0.1, 0.15) is 6.61 Å². The van der Waals surface area contributed by atoms with Gasteiger partial charge < -0.3 is 19.5 Å². The molecule has 1 heterocycles. The molecule has 0 saturated carbocycles. The second-order valence-corrected chi connectivity index (χ2v) is 8.35. The molecule has 1 N–H and O–H groups in total. The van der Waals surface area contributed by atoms with Gasteiger partial charge in [0.2, 0.25) is 5.91 Å². The number of carbonyl (C=O) groups excluding carboxylic acids is 1. The van der Waals surface area contributed by atoms with Crippen molar-refractivity contribution < 1.29 is 19.4 Å². The lowest BCUT2D eigenvalue weighted by molar-refractivity contribution is -0.127. The molecule has 1 aliphatic heterocycles. The summed E-state index contributed by atoms with van der Waals surface area (Å²) in [5, 5.41) is 10.5. The highest BCUT2D eigenvalue weighted by Crippen LogP contribution is 2.46. The predicted molar refractivity (Wildman–Crippen MR) is 125 cm³/mol. The smallest absolute Gasteiger partial charge is 0.232 e. The van der Waals surface area contributed by atoms with Gasteiger partial charge in [-0.1, -0.05) is 43.0 Å². The summed E-state index contributed by atoms with van der Waals surface area (Å²) in [5.74, 6) is 7.39. The second kappa shape index (κ2) is 10.1. The minimum Gasteiger partial charge on any atom is -0.493 e. The highest BCUT2D eigenvalue weighted by Gasteiger charge is 2.48. The number of aliphatic hydroxyl groups excluding tert-OH is 1. The Morgan fingerprint density at radius 2 is 2.03 bits per heavy atom. The average Bonchev–Trinajstić information content (AvgIpc) is 3.15. The minimum absolute atomic E-state index is 0.0288. The van der Waals surface area contributed by atoms with Crippen molar-refractivity contribution in [3.63, 3.8) is 0 Å².